The molecule has 1 N–H and O–H groups in total. The largest absolute Gasteiger partial charge is 0.481 e. The van der Waals surface area contributed by atoms with E-state index >= 15 is 0 Å². The number of rotatable bonds is 5. The summed E-state index contributed by atoms with van der Waals surface area (Å²) in [4.78, 5) is 11.0. The number of nitrogens with zero attached hydrogens (tertiary/aromatic N) is 3. The van der Waals surface area contributed by atoms with Crippen molar-refractivity contribution in [3.63, 3.8) is 0 Å². The van der Waals surface area contributed by atoms with E-state index in [1.54, 1.807) is 19.4 Å². The average Bonchev–Trinajstić information content (AvgIpc) is 2.45. The number of ether oxygens (including phenoxy) is 1. The van der Waals surface area contributed by atoms with Crippen LogP contribution in [-0.2, 0) is 0 Å². The van der Waals surface area contributed by atoms with E-state index in [1.165, 1.54) is 25.8 Å². The van der Waals surface area contributed by atoms with Crippen molar-refractivity contribution in [2.45, 2.75) is 32.2 Å². The lowest BCUT2D eigenvalue weighted by molar-refractivity contribution is 0.164. The highest BCUT2D eigenvalue weighted by Crippen LogP contribution is 2.17. The summed E-state index contributed by atoms with van der Waals surface area (Å²) in [6.07, 6.45) is 5.61. The minimum atomic E-state index is 0.596. The summed E-state index contributed by atoms with van der Waals surface area (Å²) in [6, 6.07) is 2.35. The first-order valence-electron chi connectivity index (χ1n) is 6.68. The van der Waals surface area contributed by atoms with Crippen LogP contribution in [0.5, 0.6) is 5.88 Å². The highest BCUT2D eigenvalue weighted by molar-refractivity contribution is 5.27. The number of methoxy groups -OCH3 is 1. The zero-order valence-electron chi connectivity index (χ0n) is 11.2. The van der Waals surface area contributed by atoms with E-state index in [9.17, 15) is 0 Å². The molecule has 1 aromatic heterocycles. The van der Waals surface area contributed by atoms with Crippen LogP contribution in [0.15, 0.2) is 12.3 Å². The smallest absolute Gasteiger partial charge is 0.225 e. The monoisotopic (exact) mass is 250 g/mol. The van der Waals surface area contributed by atoms with Crippen molar-refractivity contribution < 1.29 is 4.74 Å². The molecule has 0 spiro atoms. The molecule has 0 aromatic carbocycles. The van der Waals surface area contributed by atoms with Gasteiger partial charge in [0.15, 0.2) is 0 Å². The fourth-order valence-electron chi connectivity index (χ4n) is 2.46. The van der Waals surface area contributed by atoms with Crippen molar-refractivity contribution in [1.29, 1.82) is 0 Å². The first kappa shape index (κ1) is 13.1. The van der Waals surface area contributed by atoms with E-state index in [2.05, 4.69) is 27.1 Å². The van der Waals surface area contributed by atoms with Gasteiger partial charge in [-0.05, 0) is 25.9 Å². The fraction of sp³-hybridized carbons (Fsp3) is 0.692. The van der Waals surface area contributed by atoms with Crippen LogP contribution in [0.4, 0.5) is 5.95 Å². The number of hydrogen-bond acceptors (Lipinski definition) is 5. The summed E-state index contributed by atoms with van der Waals surface area (Å²) >= 11 is 0. The van der Waals surface area contributed by atoms with E-state index in [0.717, 1.165) is 13.1 Å². The number of likely N-dealkylation sites (tertiary alicyclic amines) is 1. The zero-order valence-corrected chi connectivity index (χ0v) is 11.2. The quantitative estimate of drug-likeness (QED) is 0.863. The predicted octanol–water partition coefficient (Wildman–Crippen LogP) is 1.77. The number of hydrogen-bond donors (Lipinski definition) is 1. The van der Waals surface area contributed by atoms with E-state index in [-0.39, 0.29) is 0 Å². The molecule has 18 heavy (non-hydrogen) atoms. The lowest BCUT2D eigenvalue weighted by atomic mass is 10.0. The van der Waals surface area contributed by atoms with E-state index in [4.69, 9.17) is 4.74 Å². The van der Waals surface area contributed by atoms with Crippen LogP contribution < -0.4 is 10.1 Å². The van der Waals surface area contributed by atoms with Crippen LogP contribution in [0.3, 0.4) is 0 Å². The second-order valence-corrected chi connectivity index (χ2v) is 4.58. The standard InChI is InChI=1S/C13H22N4O/c1-3-17-9-5-4-6-11(17)10-15-13-14-8-7-12(16-13)18-2/h7-8,11H,3-6,9-10H2,1-2H3,(H,14,15,16). The molecule has 1 fully saturated rings. The van der Waals surface area contributed by atoms with Gasteiger partial charge in [0, 0.05) is 24.8 Å². The number of likely N-dealkylation sites (N-methyl/N-ethyl adjacent to an activating group) is 1. The van der Waals surface area contributed by atoms with Crippen LogP contribution >= 0.6 is 0 Å². The SMILES string of the molecule is CCN1CCCCC1CNc1nccc(OC)n1. The minimum Gasteiger partial charge on any atom is -0.481 e. The molecule has 0 bridgehead atoms. The molecule has 1 saturated heterocycles. The van der Waals surface area contributed by atoms with E-state index < -0.39 is 0 Å². The Labute approximate surface area is 109 Å². The Morgan fingerprint density at radius 1 is 1.50 bits per heavy atom. The molecule has 1 aliphatic heterocycles. The first-order valence-corrected chi connectivity index (χ1v) is 6.68. The molecule has 1 aromatic rings. The van der Waals surface area contributed by atoms with Crippen LogP contribution in [0, 0.1) is 0 Å². The molecular weight excluding hydrogens is 228 g/mol. The summed E-state index contributed by atoms with van der Waals surface area (Å²) in [7, 11) is 1.62. The number of nitrogens with one attached hydrogen (secondary N) is 1. The maximum atomic E-state index is 5.09. The third-order valence-corrected chi connectivity index (χ3v) is 3.49. The maximum absolute atomic E-state index is 5.09. The number of aromatic nitrogens is 2. The minimum absolute atomic E-state index is 0.596. The highest BCUT2D eigenvalue weighted by atomic mass is 16.5. The van der Waals surface area contributed by atoms with Crippen molar-refractivity contribution in [2.24, 2.45) is 0 Å². The molecule has 0 amide bonds. The third kappa shape index (κ3) is 3.32. The van der Waals surface area contributed by atoms with Crippen LogP contribution in [0.25, 0.3) is 0 Å². The third-order valence-electron chi connectivity index (χ3n) is 3.49. The van der Waals surface area contributed by atoms with E-state index in [0.29, 0.717) is 17.9 Å². The topological polar surface area (TPSA) is 50.3 Å². The molecule has 0 aliphatic carbocycles. The van der Waals surface area contributed by atoms with Gasteiger partial charge in [0.05, 0.1) is 7.11 Å². The van der Waals surface area contributed by atoms with Gasteiger partial charge in [-0.25, -0.2) is 4.98 Å². The van der Waals surface area contributed by atoms with Crippen molar-refractivity contribution in [2.75, 3.05) is 32.1 Å². The normalized spacial score (nSPS) is 20.7. The molecule has 0 saturated carbocycles. The molecule has 1 unspecified atom stereocenters. The van der Waals surface area contributed by atoms with Gasteiger partial charge in [-0.3, -0.25) is 4.90 Å². The molecule has 5 nitrogen and oxygen atoms in total. The number of anilines is 1. The Hall–Kier alpha value is -1.36. The molecule has 100 valence electrons. The summed E-state index contributed by atoms with van der Waals surface area (Å²) < 4.78 is 5.09. The van der Waals surface area contributed by atoms with Crippen LogP contribution in [0.1, 0.15) is 26.2 Å². The van der Waals surface area contributed by atoms with Crippen molar-refractivity contribution in [3.8, 4) is 5.88 Å². The molecular formula is C13H22N4O. The summed E-state index contributed by atoms with van der Waals surface area (Å²) in [6.45, 7) is 5.45. The summed E-state index contributed by atoms with van der Waals surface area (Å²) in [5, 5.41) is 3.31. The molecule has 5 heteroatoms. The maximum Gasteiger partial charge on any atom is 0.225 e. The van der Waals surface area contributed by atoms with Gasteiger partial charge in [0.2, 0.25) is 11.8 Å². The molecule has 2 rings (SSSR count). The van der Waals surface area contributed by atoms with Crippen molar-refractivity contribution in [3.05, 3.63) is 12.3 Å². The second kappa shape index (κ2) is 6.54. The van der Waals surface area contributed by atoms with Crippen molar-refractivity contribution in [1.82, 2.24) is 14.9 Å². The molecule has 0 radical (unpaired) electrons. The Kier molecular flexibility index (Phi) is 4.75. The average molecular weight is 250 g/mol. The molecule has 2 heterocycles. The molecule has 1 aliphatic rings. The Bertz CT molecular complexity index is 372. The number of piperidine rings is 1. The van der Waals surface area contributed by atoms with Gasteiger partial charge in [0.1, 0.15) is 0 Å². The lowest BCUT2D eigenvalue weighted by Crippen LogP contribution is -2.43. The predicted molar refractivity (Wildman–Crippen MR) is 72.0 cm³/mol. The molecule has 1 atom stereocenters. The van der Waals surface area contributed by atoms with E-state index in [1.807, 2.05) is 0 Å². The van der Waals surface area contributed by atoms with Gasteiger partial charge in [-0.1, -0.05) is 13.3 Å². The zero-order chi connectivity index (χ0) is 12.8. The van der Waals surface area contributed by atoms with Crippen LogP contribution in [-0.4, -0.2) is 47.7 Å². The Balaban J connectivity index is 1.89. The fourth-order valence-corrected chi connectivity index (χ4v) is 2.46. The van der Waals surface area contributed by atoms with Crippen molar-refractivity contribution >= 4 is 5.95 Å². The van der Waals surface area contributed by atoms with Crippen LogP contribution in [0.2, 0.25) is 0 Å². The first-order chi connectivity index (χ1) is 8.83. The Morgan fingerprint density at radius 3 is 3.17 bits per heavy atom. The lowest BCUT2D eigenvalue weighted by Gasteiger charge is -2.34. The highest BCUT2D eigenvalue weighted by Gasteiger charge is 2.20. The summed E-state index contributed by atoms with van der Waals surface area (Å²) in [5.74, 6) is 1.25. The van der Waals surface area contributed by atoms with Gasteiger partial charge >= 0.3 is 0 Å². The Morgan fingerprint density at radius 2 is 2.39 bits per heavy atom. The van der Waals surface area contributed by atoms with Gasteiger partial charge in [-0.2, -0.15) is 4.98 Å². The second-order valence-electron chi connectivity index (χ2n) is 4.58. The van der Waals surface area contributed by atoms with Gasteiger partial charge in [-0.15, -0.1) is 0 Å². The van der Waals surface area contributed by atoms with Gasteiger partial charge in [0.25, 0.3) is 0 Å². The van der Waals surface area contributed by atoms with Gasteiger partial charge < -0.3 is 10.1 Å². The summed E-state index contributed by atoms with van der Waals surface area (Å²) in [5.41, 5.74) is 0.